The summed E-state index contributed by atoms with van der Waals surface area (Å²) in [6, 6.07) is 35.3. The molecule has 1 aromatic heterocycles. The molecular formula is C33H24Cl2N2O2. The van der Waals surface area contributed by atoms with E-state index >= 15 is 0 Å². The predicted octanol–water partition coefficient (Wildman–Crippen LogP) is 8.49. The average Bonchev–Trinajstić information content (AvgIpc) is 3.25. The molecule has 0 spiro atoms. The van der Waals surface area contributed by atoms with E-state index < -0.39 is 5.91 Å². The molecule has 6 rings (SSSR count). The summed E-state index contributed by atoms with van der Waals surface area (Å²) in [4.78, 5) is 12.4. The normalized spacial score (nSPS) is 11.2. The lowest BCUT2D eigenvalue weighted by Crippen LogP contribution is -2.11. The second-order valence-corrected chi connectivity index (χ2v) is 10.2. The van der Waals surface area contributed by atoms with Crippen LogP contribution >= 0.6 is 23.2 Å². The van der Waals surface area contributed by atoms with Crippen LogP contribution in [-0.4, -0.2) is 10.5 Å². The maximum Gasteiger partial charge on any atom is 0.249 e. The Morgan fingerprint density at radius 3 is 2.23 bits per heavy atom. The quantitative estimate of drug-likeness (QED) is 0.216. The third-order valence-electron chi connectivity index (χ3n) is 6.90. The van der Waals surface area contributed by atoms with Crippen molar-refractivity contribution >= 4 is 50.9 Å². The Morgan fingerprint density at radius 2 is 1.46 bits per heavy atom. The fourth-order valence-corrected chi connectivity index (χ4v) is 5.72. The molecule has 2 N–H and O–H groups in total. The number of nitrogens with two attached hydrogens (primary N) is 1. The van der Waals surface area contributed by atoms with Crippen LogP contribution < -0.4 is 10.5 Å². The number of benzene rings is 5. The van der Waals surface area contributed by atoms with Crippen LogP contribution in [0.25, 0.3) is 32.9 Å². The van der Waals surface area contributed by atoms with Crippen molar-refractivity contribution in [3.05, 3.63) is 136 Å². The maximum atomic E-state index is 12.4. The minimum absolute atomic E-state index is 0.464. The van der Waals surface area contributed by atoms with Crippen LogP contribution in [0.5, 0.6) is 5.75 Å². The molecule has 0 fully saturated rings. The number of rotatable bonds is 7. The molecule has 6 aromatic rings. The summed E-state index contributed by atoms with van der Waals surface area (Å²) >= 11 is 13.1. The summed E-state index contributed by atoms with van der Waals surface area (Å²) < 4.78 is 8.28. The topological polar surface area (TPSA) is 57.2 Å². The highest BCUT2D eigenvalue weighted by molar-refractivity contribution is 6.39. The number of carbonyl (C=O) groups is 1. The van der Waals surface area contributed by atoms with Crippen molar-refractivity contribution in [2.45, 2.75) is 13.2 Å². The summed E-state index contributed by atoms with van der Waals surface area (Å²) in [7, 11) is 0. The molecule has 0 saturated carbocycles. The summed E-state index contributed by atoms with van der Waals surface area (Å²) in [5.41, 5.74) is 12.0. The highest BCUT2D eigenvalue weighted by atomic mass is 35.5. The van der Waals surface area contributed by atoms with Gasteiger partial charge in [0.05, 0.1) is 11.0 Å². The SMILES string of the molecule is NC(=O)c1cccc2c1c1ccc(-c3c(Cl)cccc3Cl)cc1n2Cc1cccc(OCc2ccccc2)c1. The molecule has 0 aliphatic carbocycles. The Bertz CT molecular complexity index is 1820. The molecule has 0 unspecified atom stereocenters. The number of primary amides is 1. The zero-order chi connectivity index (χ0) is 26.9. The molecule has 4 nitrogen and oxygen atoms in total. The minimum atomic E-state index is -0.464. The number of aromatic nitrogens is 1. The first-order chi connectivity index (χ1) is 19.0. The molecule has 0 saturated heterocycles. The highest BCUT2D eigenvalue weighted by Gasteiger charge is 2.18. The van der Waals surface area contributed by atoms with Crippen LogP contribution in [0.15, 0.2) is 109 Å². The van der Waals surface area contributed by atoms with E-state index in [1.807, 2.05) is 91.0 Å². The summed E-state index contributed by atoms with van der Waals surface area (Å²) in [6.45, 7) is 1.05. The Balaban J connectivity index is 1.47. The van der Waals surface area contributed by atoms with Crippen molar-refractivity contribution in [2.24, 2.45) is 5.73 Å². The van der Waals surface area contributed by atoms with Gasteiger partial charge in [0, 0.05) is 38.5 Å². The van der Waals surface area contributed by atoms with Gasteiger partial charge < -0.3 is 15.0 Å². The highest BCUT2D eigenvalue weighted by Crippen LogP contribution is 2.39. The minimum Gasteiger partial charge on any atom is -0.489 e. The van der Waals surface area contributed by atoms with Crippen molar-refractivity contribution in [1.29, 1.82) is 0 Å². The third-order valence-corrected chi connectivity index (χ3v) is 7.53. The number of ether oxygens (including phenoxy) is 1. The molecule has 39 heavy (non-hydrogen) atoms. The second kappa shape index (κ2) is 10.5. The number of hydrogen-bond donors (Lipinski definition) is 1. The van der Waals surface area contributed by atoms with E-state index in [1.54, 1.807) is 6.07 Å². The van der Waals surface area contributed by atoms with Crippen molar-refractivity contribution in [2.75, 3.05) is 0 Å². The fourth-order valence-electron chi connectivity index (χ4n) is 5.11. The average molecular weight is 551 g/mol. The maximum absolute atomic E-state index is 12.4. The van der Waals surface area contributed by atoms with Gasteiger partial charge in [0.15, 0.2) is 0 Å². The van der Waals surface area contributed by atoms with E-state index in [4.69, 9.17) is 33.7 Å². The summed E-state index contributed by atoms with van der Waals surface area (Å²) in [5.74, 6) is 0.327. The molecule has 192 valence electrons. The van der Waals surface area contributed by atoms with E-state index in [1.165, 1.54) is 0 Å². The van der Waals surface area contributed by atoms with Crippen molar-refractivity contribution < 1.29 is 9.53 Å². The lowest BCUT2D eigenvalue weighted by molar-refractivity contribution is 0.100. The van der Waals surface area contributed by atoms with Crippen LogP contribution in [0.3, 0.4) is 0 Å². The van der Waals surface area contributed by atoms with Gasteiger partial charge in [0.25, 0.3) is 0 Å². The first-order valence-electron chi connectivity index (χ1n) is 12.5. The zero-order valence-electron chi connectivity index (χ0n) is 20.9. The molecule has 1 amide bonds. The Labute approximate surface area is 236 Å². The third kappa shape index (κ3) is 4.85. The molecule has 0 aliphatic heterocycles. The van der Waals surface area contributed by atoms with Crippen molar-refractivity contribution in [3.63, 3.8) is 0 Å². The Morgan fingerprint density at radius 1 is 0.744 bits per heavy atom. The number of hydrogen-bond acceptors (Lipinski definition) is 2. The standard InChI is InChI=1S/C33H24Cl2N2O2/c34-27-12-6-13-28(35)31(27)23-15-16-25-30(18-23)37(29-14-5-11-26(32(25)29)33(36)38)19-22-9-4-10-24(17-22)39-20-21-7-2-1-3-8-21/h1-18H,19-20H2,(H2,36,38). The van der Waals surface area contributed by atoms with E-state index in [2.05, 4.69) is 16.7 Å². The number of halogens is 2. The summed E-state index contributed by atoms with van der Waals surface area (Å²) in [5, 5.41) is 2.91. The number of fused-ring (bicyclic) bond motifs is 3. The zero-order valence-corrected chi connectivity index (χ0v) is 22.4. The van der Waals surface area contributed by atoms with Crippen molar-refractivity contribution in [1.82, 2.24) is 4.57 Å². The van der Waals surface area contributed by atoms with E-state index in [9.17, 15) is 4.79 Å². The number of amides is 1. The van der Waals surface area contributed by atoms with Gasteiger partial charge in [0.2, 0.25) is 5.91 Å². The molecule has 0 atom stereocenters. The van der Waals surface area contributed by atoms with E-state index in [0.29, 0.717) is 28.8 Å². The lowest BCUT2D eigenvalue weighted by Gasteiger charge is -2.12. The van der Waals surface area contributed by atoms with Gasteiger partial charge in [-0.2, -0.15) is 0 Å². The summed E-state index contributed by atoms with van der Waals surface area (Å²) in [6.07, 6.45) is 0. The van der Waals surface area contributed by atoms with E-state index in [-0.39, 0.29) is 0 Å². The molecule has 6 heteroatoms. The van der Waals surface area contributed by atoms with Crippen LogP contribution in [0.4, 0.5) is 0 Å². The smallest absolute Gasteiger partial charge is 0.249 e. The Kier molecular flexibility index (Phi) is 6.74. The van der Waals surface area contributed by atoms with Gasteiger partial charge in [-0.25, -0.2) is 0 Å². The van der Waals surface area contributed by atoms with Crippen LogP contribution in [0.1, 0.15) is 21.5 Å². The molecule has 1 heterocycles. The van der Waals surface area contributed by atoms with Gasteiger partial charge in [-0.3, -0.25) is 4.79 Å². The van der Waals surface area contributed by atoms with Crippen molar-refractivity contribution in [3.8, 4) is 16.9 Å². The monoisotopic (exact) mass is 550 g/mol. The molecule has 0 aliphatic rings. The lowest BCUT2D eigenvalue weighted by atomic mass is 10.0. The van der Waals surface area contributed by atoms with Gasteiger partial charge in [-0.05, 0) is 59.2 Å². The van der Waals surface area contributed by atoms with Gasteiger partial charge in [-0.15, -0.1) is 0 Å². The number of carbonyl (C=O) groups excluding carboxylic acids is 1. The number of nitrogens with zero attached hydrogens (tertiary/aromatic N) is 1. The van der Waals surface area contributed by atoms with Gasteiger partial charge in [0.1, 0.15) is 12.4 Å². The van der Waals surface area contributed by atoms with Gasteiger partial charge in [-0.1, -0.05) is 89.9 Å². The first kappa shape index (κ1) is 25.1. The van der Waals surface area contributed by atoms with Crippen LogP contribution in [-0.2, 0) is 13.2 Å². The predicted molar refractivity (Wildman–Crippen MR) is 160 cm³/mol. The first-order valence-corrected chi connectivity index (χ1v) is 13.3. The second-order valence-electron chi connectivity index (χ2n) is 9.40. The molecular weight excluding hydrogens is 527 g/mol. The Hall–Kier alpha value is -4.25. The molecule has 0 radical (unpaired) electrons. The fraction of sp³-hybridized carbons (Fsp3) is 0.0606. The largest absolute Gasteiger partial charge is 0.489 e. The van der Waals surface area contributed by atoms with Crippen LogP contribution in [0.2, 0.25) is 10.0 Å². The molecule has 0 bridgehead atoms. The molecule has 5 aromatic carbocycles. The van der Waals surface area contributed by atoms with Gasteiger partial charge >= 0.3 is 0 Å². The van der Waals surface area contributed by atoms with Crippen LogP contribution in [0, 0.1) is 0 Å². The van der Waals surface area contributed by atoms with E-state index in [0.717, 1.165) is 49.8 Å².